The Balaban J connectivity index is 1.59. The fourth-order valence-electron chi connectivity index (χ4n) is 2.38. The van der Waals surface area contributed by atoms with E-state index in [1.165, 1.54) is 23.5 Å². The summed E-state index contributed by atoms with van der Waals surface area (Å²) in [5, 5.41) is 5.99. The molecule has 2 N–H and O–H groups in total. The minimum atomic E-state index is -0.191. The van der Waals surface area contributed by atoms with E-state index in [1.54, 1.807) is 0 Å². The van der Waals surface area contributed by atoms with Gasteiger partial charge in [0.25, 0.3) is 5.91 Å². The molecule has 1 aromatic heterocycles. The summed E-state index contributed by atoms with van der Waals surface area (Å²) < 4.78 is 0. The molecule has 0 atom stereocenters. The molecule has 0 saturated carbocycles. The van der Waals surface area contributed by atoms with Gasteiger partial charge in [0.05, 0.1) is 5.56 Å². The summed E-state index contributed by atoms with van der Waals surface area (Å²) in [5.41, 5.74) is 4.75. The zero-order valence-corrected chi connectivity index (χ0v) is 14.3. The van der Waals surface area contributed by atoms with Crippen LogP contribution in [-0.2, 0) is 6.54 Å². The summed E-state index contributed by atoms with van der Waals surface area (Å²) >= 11 is 0. The normalized spacial score (nSPS) is 10.3. The third-order valence-electron chi connectivity index (χ3n) is 3.76. The second kappa shape index (κ2) is 7.57. The smallest absolute Gasteiger partial charge is 0.254 e. The van der Waals surface area contributed by atoms with Crippen molar-refractivity contribution in [1.29, 1.82) is 0 Å². The molecule has 0 bridgehead atoms. The lowest BCUT2D eigenvalue weighted by Gasteiger charge is -2.07. The van der Waals surface area contributed by atoms with E-state index < -0.39 is 0 Å². The fourth-order valence-corrected chi connectivity index (χ4v) is 2.38. The first-order valence-electron chi connectivity index (χ1n) is 8.09. The Morgan fingerprint density at radius 1 is 0.960 bits per heavy atom. The van der Waals surface area contributed by atoms with Crippen LogP contribution in [0.2, 0.25) is 0 Å². The Morgan fingerprint density at radius 2 is 1.68 bits per heavy atom. The number of nitrogens with zero attached hydrogens (tertiary/aromatic N) is 2. The summed E-state index contributed by atoms with van der Waals surface area (Å²) in [7, 11) is 0. The van der Waals surface area contributed by atoms with Crippen LogP contribution in [0.25, 0.3) is 0 Å². The monoisotopic (exact) mass is 332 g/mol. The van der Waals surface area contributed by atoms with E-state index in [4.69, 9.17) is 0 Å². The highest BCUT2D eigenvalue weighted by atomic mass is 16.1. The van der Waals surface area contributed by atoms with Crippen molar-refractivity contribution in [2.45, 2.75) is 20.4 Å². The SMILES string of the molecule is Cc1ccc(Nc2ncc(C(=O)NCc3cccc(C)c3)cn2)cc1. The molecule has 5 heteroatoms. The van der Waals surface area contributed by atoms with Gasteiger partial charge in [-0.1, -0.05) is 47.5 Å². The van der Waals surface area contributed by atoms with Crippen molar-refractivity contribution >= 4 is 17.5 Å². The van der Waals surface area contributed by atoms with Crippen LogP contribution in [-0.4, -0.2) is 15.9 Å². The molecule has 3 rings (SSSR count). The van der Waals surface area contributed by atoms with Gasteiger partial charge in [-0.05, 0) is 31.5 Å². The molecule has 0 spiro atoms. The molecule has 0 aliphatic carbocycles. The fraction of sp³-hybridized carbons (Fsp3) is 0.150. The van der Waals surface area contributed by atoms with E-state index in [0.29, 0.717) is 18.1 Å². The largest absolute Gasteiger partial charge is 0.348 e. The number of aryl methyl sites for hydroxylation is 2. The van der Waals surface area contributed by atoms with Gasteiger partial charge in [-0.2, -0.15) is 0 Å². The van der Waals surface area contributed by atoms with E-state index in [-0.39, 0.29) is 5.91 Å². The lowest BCUT2D eigenvalue weighted by atomic mass is 10.1. The molecule has 25 heavy (non-hydrogen) atoms. The molecule has 5 nitrogen and oxygen atoms in total. The zero-order valence-electron chi connectivity index (χ0n) is 14.3. The van der Waals surface area contributed by atoms with Crippen LogP contribution in [0, 0.1) is 13.8 Å². The number of carbonyl (C=O) groups excluding carboxylic acids is 1. The van der Waals surface area contributed by atoms with Gasteiger partial charge in [-0.3, -0.25) is 4.79 Å². The van der Waals surface area contributed by atoms with Crippen molar-refractivity contribution in [2.24, 2.45) is 0 Å². The molecule has 0 unspecified atom stereocenters. The van der Waals surface area contributed by atoms with Crippen LogP contribution < -0.4 is 10.6 Å². The standard InChI is InChI=1S/C20H20N4O/c1-14-6-8-18(9-7-14)24-20-22-12-17(13-23-20)19(25)21-11-16-5-3-4-15(2)10-16/h3-10,12-13H,11H2,1-2H3,(H,21,25)(H,22,23,24). The Kier molecular flexibility index (Phi) is 5.04. The summed E-state index contributed by atoms with van der Waals surface area (Å²) in [6.07, 6.45) is 3.05. The van der Waals surface area contributed by atoms with E-state index >= 15 is 0 Å². The van der Waals surface area contributed by atoms with Gasteiger partial charge in [-0.25, -0.2) is 9.97 Å². The lowest BCUT2D eigenvalue weighted by Crippen LogP contribution is -2.23. The number of aromatic nitrogens is 2. The predicted molar refractivity (Wildman–Crippen MR) is 98.8 cm³/mol. The maximum absolute atomic E-state index is 12.2. The van der Waals surface area contributed by atoms with Crippen LogP contribution >= 0.6 is 0 Å². The second-order valence-electron chi connectivity index (χ2n) is 5.96. The summed E-state index contributed by atoms with van der Waals surface area (Å²) in [5.74, 6) is 0.266. The molecular weight excluding hydrogens is 312 g/mol. The van der Waals surface area contributed by atoms with Crippen molar-refractivity contribution in [3.05, 3.63) is 83.2 Å². The average molecular weight is 332 g/mol. The van der Waals surface area contributed by atoms with Crippen molar-refractivity contribution in [1.82, 2.24) is 15.3 Å². The number of amides is 1. The number of hydrogen-bond donors (Lipinski definition) is 2. The first-order valence-corrected chi connectivity index (χ1v) is 8.09. The van der Waals surface area contributed by atoms with Gasteiger partial charge in [0.1, 0.15) is 0 Å². The van der Waals surface area contributed by atoms with Gasteiger partial charge < -0.3 is 10.6 Å². The van der Waals surface area contributed by atoms with Crippen LogP contribution in [0.4, 0.5) is 11.6 Å². The second-order valence-corrected chi connectivity index (χ2v) is 5.96. The Morgan fingerprint density at radius 3 is 2.36 bits per heavy atom. The topological polar surface area (TPSA) is 66.9 Å². The molecule has 0 saturated heterocycles. The van der Waals surface area contributed by atoms with Crippen molar-refractivity contribution in [3.8, 4) is 0 Å². The number of anilines is 2. The number of carbonyl (C=O) groups is 1. The number of rotatable bonds is 5. The van der Waals surface area contributed by atoms with Gasteiger partial charge in [0.2, 0.25) is 5.95 Å². The van der Waals surface area contributed by atoms with Crippen molar-refractivity contribution in [3.63, 3.8) is 0 Å². The zero-order chi connectivity index (χ0) is 17.6. The highest BCUT2D eigenvalue weighted by Crippen LogP contribution is 2.13. The quantitative estimate of drug-likeness (QED) is 0.746. The number of benzene rings is 2. The lowest BCUT2D eigenvalue weighted by molar-refractivity contribution is 0.0950. The third-order valence-corrected chi connectivity index (χ3v) is 3.76. The molecule has 1 heterocycles. The van der Waals surface area contributed by atoms with E-state index in [2.05, 4.69) is 20.6 Å². The summed E-state index contributed by atoms with van der Waals surface area (Å²) in [6.45, 7) is 4.53. The summed E-state index contributed by atoms with van der Waals surface area (Å²) in [6, 6.07) is 16.0. The van der Waals surface area contributed by atoms with Crippen LogP contribution in [0.3, 0.4) is 0 Å². The molecule has 0 fully saturated rings. The van der Waals surface area contributed by atoms with Gasteiger partial charge in [0, 0.05) is 24.6 Å². The summed E-state index contributed by atoms with van der Waals surface area (Å²) in [4.78, 5) is 20.6. The minimum Gasteiger partial charge on any atom is -0.348 e. The number of hydrogen-bond acceptors (Lipinski definition) is 4. The molecular formula is C20H20N4O. The molecule has 0 radical (unpaired) electrons. The Labute approximate surface area is 147 Å². The van der Waals surface area contributed by atoms with Gasteiger partial charge >= 0.3 is 0 Å². The van der Waals surface area contributed by atoms with E-state index in [9.17, 15) is 4.79 Å². The maximum Gasteiger partial charge on any atom is 0.254 e. The first-order chi connectivity index (χ1) is 12.1. The molecule has 126 valence electrons. The molecule has 3 aromatic rings. The van der Waals surface area contributed by atoms with Gasteiger partial charge in [-0.15, -0.1) is 0 Å². The van der Waals surface area contributed by atoms with Gasteiger partial charge in [0.15, 0.2) is 0 Å². The molecule has 0 aliphatic rings. The highest BCUT2D eigenvalue weighted by molar-refractivity contribution is 5.93. The first kappa shape index (κ1) is 16.6. The van der Waals surface area contributed by atoms with E-state index in [0.717, 1.165) is 11.3 Å². The average Bonchev–Trinajstić information content (AvgIpc) is 2.62. The van der Waals surface area contributed by atoms with Crippen LogP contribution in [0.1, 0.15) is 27.0 Å². The van der Waals surface area contributed by atoms with Crippen molar-refractivity contribution in [2.75, 3.05) is 5.32 Å². The highest BCUT2D eigenvalue weighted by Gasteiger charge is 2.07. The third kappa shape index (κ3) is 4.64. The number of nitrogens with one attached hydrogen (secondary N) is 2. The Bertz CT molecular complexity index is 858. The Hall–Kier alpha value is -3.21. The van der Waals surface area contributed by atoms with Crippen LogP contribution in [0.5, 0.6) is 0 Å². The van der Waals surface area contributed by atoms with E-state index in [1.807, 2.05) is 62.4 Å². The maximum atomic E-state index is 12.2. The molecule has 2 aromatic carbocycles. The predicted octanol–water partition coefficient (Wildman–Crippen LogP) is 3.77. The molecule has 1 amide bonds. The minimum absolute atomic E-state index is 0.191. The van der Waals surface area contributed by atoms with Crippen LogP contribution in [0.15, 0.2) is 60.9 Å². The molecule has 0 aliphatic heterocycles. The van der Waals surface area contributed by atoms with Crippen molar-refractivity contribution < 1.29 is 4.79 Å².